The van der Waals surface area contributed by atoms with Crippen molar-refractivity contribution in [3.63, 3.8) is 0 Å². The van der Waals surface area contributed by atoms with E-state index in [1.54, 1.807) is 16.9 Å². The standard InChI is InChI=1S/C20H20BrN3O2/c1-14(2)26-19-12-16(21)8-9-17(19)20(25)22-13-15-6-3-4-7-18(15)24-11-5-10-23-24/h3-12,14H,13H2,1-2H3,(H,22,25). The van der Waals surface area contributed by atoms with Crippen LogP contribution in [0.25, 0.3) is 5.69 Å². The molecule has 0 aliphatic rings. The Morgan fingerprint density at radius 2 is 2.04 bits per heavy atom. The number of nitrogens with one attached hydrogen (secondary N) is 1. The Hall–Kier alpha value is -2.60. The van der Waals surface area contributed by atoms with Crippen molar-refractivity contribution in [1.29, 1.82) is 0 Å². The summed E-state index contributed by atoms with van der Waals surface area (Å²) in [5, 5.41) is 7.24. The van der Waals surface area contributed by atoms with Gasteiger partial charge in [0.1, 0.15) is 5.75 Å². The predicted octanol–water partition coefficient (Wildman–Crippen LogP) is 4.35. The lowest BCUT2D eigenvalue weighted by molar-refractivity contribution is 0.0945. The summed E-state index contributed by atoms with van der Waals surface area (Å²) in [5.41, 5.74) is 2.43. The molecular formula is C20H20BrN3O2. The third kappa shape index (κ3) is 4.32. The van der Waals surface area contributed by atoms with E-state index >= 15 is 0 Å². The third-order valence-electron chi connectivity index (χ3n) is 3.73. The summed E-state index contributed by atoms with van der Waals surface area (Å²) in [4.78, 5) is 12.7. The van der Waals surface area contributed by atoms with Crippen LogP contribution in [-0.4, -0.2) is 21.8 Å². The van der Waals surface area contributed by atoms with Gasteiger partial charge in [-0.1, -0.05) is 34.1 Å². The normalized spacial score (nSPS) is 10.8. The highest BCUT2D eigenvalue weighted by molar-refractivity contribution is 9.10. The molecule has 0 atom stereocenters. The first-order valence-electron chi connectivity index (χ1n) is 8.37. The van der Waals surface area contributed by atoms with Gasteiger partial charge in [-0.3, -0.25) is 4.79 Å². The van der Waals surface area contributed by atoms with Crippen LogP contribution in [-0.2, 0) is 6.54 Å². The number of amides is 1. The number of ether oxygens (including phenoxy) is 1. The monoisotopic (exact) mass is 413 g/mol. The Bertz CT molecular complexity index is 892. The quantitative estimate of drug-likeness (QED) is 0.653. The summed E-state index contributed by atoms with van der Waals surface area (Å²) in [6, 6.07) is 15.1. The van der Waals surface area contributed by atoms with E-state index in [0.29, 0.717) is 17.9 Å². The lowest BCUT2D eigenvalue weighted by Crippen LogP contribution is -2.24. The molecule has 0 radical (unpaired) electrons. The molecule has 26 heavy (non-hydrogen) atoms. The molecule has 0 spiro atoms. The van der Waals surface area contributed by atoms with E-state index in [4.69, 9.17) is 4.74 Å². The Morgan fingerprint density at radius 3 is 2.77 bits per heavy atom. The van der Waals surface area contributed by atoms with Crippen LogP contribution in [0.1, 0.15) is 29.8 Å². The van der Waals surface area contributed by atoms with E-state index in [9.17, 15) is 4.79 Å². The van der Waals surface area contributed by atoms with E-state index in [1.165, 1.54) is 0 Å². The minimum atomic E-state index is -0.177. The summed E-state index contributed by atoms with van der Waals surface area (Å²) >= 11 is 3.42. The molecule has 6 heteroatoms. The second-order valence-electron chi connectivity index (χ2n) is 6.07. The topological polar surface area (TPSA) is 56.1 Å². The molecule has 0 saturated carbocycles. The first-order valence-corrected chi connectivity index (χ1v) is 9.16. The summed E-state index contributed by atoms with van der Waals surface area (Å²) in [7, 11) is 0. The lowest BCUT2D eigenvalue weighted by atomic mass is 10.1. The number of hydrogen-bond acceptors (Lipinski definition) is 3. The number of para-hydroxylation sites is 1. The second-order valence-corrected chi connectivity index (χ2v) is 6.98. The summed E-state index contributed by atoms with van der Waals surface area (Å²) in [5.74, 6) is 0.385. The van der Waals surface area contributed by atoms with Gasteiger partial charge in [0.2, 0.25) is 0 Å². The van der Waals surface area contributed by atoms with Crippen LogP contribution >= 0.6 is 15.9 Å². The summed E-state index contributed by atoms with van der Waals surface area (Å²) < 4.78 is 8.43. The van der Waals surface area contributed by atoms with Crippen molar-refractivity contribution in [3.05, 3.63) is 76.5 Å². The largest absolute Gasteiger partial charge is 0.490 e. The molecule has 0 bridgehead atoms. The number of carbonyl (C=O) groups is 1. The Labute approximate surface area is 161 Å². The number of benzene rings is 2. The van der Waals surface area contributed by atoms with Gasteiger partial charge < -0.3 is 10.1 Å². The van der Waals surface area contributed by atoms with Crippen molar-refractivity contribution in [1.82, 2.24) is 15.1 Å². The van der Waals surface area contributed by atoms with Crippen molar-refractivity contribution in [2.24, 2.45) is 0 Å². The van der Waals surface area contributed by atoms with Crippen LogP contribution in [0.3, 0.4) is 0 Å². The highest BCUT2D eigenvalue weighted by Crippen LogP contribution is 2.25. The number of rotatable bonds is 6. The van der Waals surface area contributed by atoms with Gasteiger partial charge in [0, 0.05) is 23.4 Å². The maximum Gasteiger partial charge on any atom is 0.255 e. The first-order chi connectivity index (χ1) is 12.5. The zero-order chi connectivity index (χ0) is 18.5. The maximum atomic E-state index is 12.7. The molecule has 0 unspecified atom stereocenters. The predicted molar refractivity (Wildman–Crippen MR) is 105 cm³/mol. The first kappa shape index (κ1) is 18.2. The average Bonchev–Trinajstić information content (AvgIpc) is 3.14. The number of hydrogen-bond donors (Lipinski definition) is 1. The Kier molecular flexibility index (Phi) is 5.73. The van der Waals surface area contributed by atoms with Crippen molar-refractivity contribution in [2.45, 2.75) is 26.5 Å². The molecule has 1 amide bonds. The molecular weight excluding hydrogens is 394 g/mol. The van der Waals surface area contributed by atoms with Gasteiger partial charge in [-0.05, 0) is 49.7 Å². The van der Waals surface area contributed by atoms with Crippen LogP contribution in [0.5, 0.6) is 5.75 Å². The van der Waals surface area contributed by atoms with Gasteiger partial charge in [0.25, 0.3) is 5.91 Å². The van der Waals surface area contributed by atoms with Gasteiger partial charge in [-0.15, -0.1) is 0 Å². The van der Waals surface area contributed by atoms with Gasteiger partial charge in [0.15, 0.2) is 0 Å². The van der Waals surface area contributed by atoms with E-state index in [0.717, 1.165) is 15.7 Å². The SMILES string of the molecule is CC(C)Oc1cc(Br)ccc1C(=O)NCc1ccccc1-n1cccn1. The molecule has 3 rings (SSSR count). The van der Waals surface area contributed by atoms with E-state index in [2.05, 4.69) is 26.3 Å². The van der Waals surface area contributed by atoms with Crippen molar-refractivity contribution in [3.8, 4) is 11.4 Å². The zero-order valence-corrected chi connectivity index (χ0v) is 16.2. The van der Waals surface area contributed by atoms with Crippen molar-refractivity contribution < 1.29 is 9.53 Å². The highest BCUT2D eigenvalue weighted by atomic mass is 79.9. The number of carbonyl (C=O) groups excluding carboxylic acids is 1. The van der Waals surface area contributed by atoms with Crippen LogP contribution < -0.4 is 10.1 Å². The molecule has 0 fully saturated rings. The van der Waals surface area contributed by atoms with Gasteiger partial charge >= 0.3 is 0 Å². The highest BCUT2D eigenvalue weighted by Gasteiger charge is 2.15. The minimum absolute atomic E-state index is 0.0172. The van der Waals surface area contributed by atoms with Gasteiger partial charge in [-0.2, -0.15) is 5.10 Å². The molecule has 0 saturated heterocycles. The van der Waals surface area contributed by atoms with Gasteiger partial charge in [-0.25, -0.2) is 4.68 Å². The smallest absolute Gasteiger partial charge is 0.255 e. The molecule has 134 valence electrons. The fraction of sp³-hybridized carbons (Fsp3) is 0.200. The number of aromatic nitrogens is 2. The minimum Gasteiger partial charge on any atom is -0.490 e. The molecule has 0 aliphatic heterocycles. The van der Waals surface area contributed by atoms with Gasteiger partial charge in [0.05, 0.1) is 17.4 Å². The van der Waals surface area contributed by atoms with Crippen molar-refractivity contribution >= 4 is 21.8 Å². The second kappa shape index (κ2) is 8.19. The zero-order valence-electron chi connectivity index (χ0n) is 14.6. The molecule has 1 N–H and O–H groups in total. The molecule has 1 aromatic heterocycles. The summed E-state index contributed by atoms with van der Waals surface area (Å²) in [6.07, 6.45) is 3.59. The summed E-state index contributed by atoms with van der Waals surface area (Å²) in [6.45, 7) is 4.26. The molecule has 0 aliphatic carbocycles. The number of nitrogens with zero attached hydrogens (tertiary/aromatic N) is 2. The average molecular weight is 414 g/mol. The van der Waals surface area contributed by atoms with Crippen LogP contribution in [0.15, 0.2) is 65.4 Å². The van der Waals surface area contributed by atoms with E-state index in [-0.39, 0.29) is 12.0 Å². The Morgan fingerprint density at radius 1 is 1.23 bits per heavy atom. The lowest BCUT2D eigenvalue weighted by Gasteiger charge is -2.15. The molecule has 1 heterocycles. The molecule has 5 nitrogen and oxygen atoms in total. The Balaban J connectivity index is 1.78. The van der Waals surface area contributed by atoms with Crippen molar-refractivity contribution in [2.75, 3.05) is 0 Å². The molecule has 2 aromatic carbocycles. The fourth-order valence-corrected chi connectivity index (χ4v) is 2.94. The van der Waals surface area contributed by atoms with Crippen LogP contribution in [0.4, 0.5) is 0 Å². The van der Waals surface area contributed by atoms with Crippen LogP contribution in [0, 0.1) is 0 Å². The molecule has 3 aromatic rings. The van der Waals surface area contributed by atoms with E-state index in [1.807, 2.05) is 62.5 Å². The van der Waals surface area contributed by atoms with Crippen LogP contribution in [0.2, 0.25) is 0 Å². The fourth-order valence-electron chi connectivity index (χ4n) is 2.60. The number of halogens is 1. The van der Waals surface area contributed by atoms with E-state index < -0.39 is 0 Å². The third-order valence-corrected chi connectivity index (χ3v) is 4.23. The maximum absolute atomic E-state index is 12.7.